The number of fused-ring (bicyclic) bond motifs is 3. The molecule has 156 valence electrons. The minimum Gasteiger partial charge on any atom is -0.471 e. The number of rotatable bonds is 3. The molecule has 0 N–H and O–H groups in total. The summed E-state index contributed by atoms with van der Waals surface area (Å²) in [6, 6.07) is 19.3. The molecule has 0 atom stereocenters. The Hall–Kier alpha value is -2.95. The number of anilines is 1. The summed E-state index contributed by atoms with van der Waals surface area (Å²) in [7, 11) is 0. The van der Waals surface area contributed by atoms with Gasteiger partial charge in [-0.1, -0.05) is 65.7 Å². The van der Waals surface area contributed by atoms with Gasteiger partial charge in [0, 0.05) is 17.4 Å². The molecule has 1 aliphatic heterocycles. The molecule has 0 unspecified atom stereocenters. The first kappa shape index (κ1) is 20.0. The van der Waals surface area contributed by atoms with Crippen LogP contribution in [0.5, 0.6) is 5.75 Å². The standard InChI is InChI=1S/C25H19Cl2NO3/c1-15-17-12-21(27)24-19(13-28(14-30-24)22-10-6-5-9-20(22)26)23(17)31-25(29)18(15)11-16-7-3-2-4-8-16/h2-10,12H,11,13-14H2,1H3. The predicted octanol–water partition coefficient (Wildman–Crippen LogP) is 6.36. The van der Waals surface area contributed by atoms with Gasteiger partial charge in [-0.25, -0.2) is 4.79 Å². The fourth-order valence-corrected chi connectivity index (χ4v) is 4.61. The molecule has 1 aromatic heterocycles. The molecule has 4 nitrogen and oxygen atoms in total. The van der Waals surface area contributed by atoms with Crippen LogP contribution in [0.1, 0.15) is 22.3 Å². The van der Waals surface area contributed by atoms with Gasteiger partial charge in [0.25, 0.3) is 0 Å². The van der Waals surface area contributed by atoms with E-state index in [9.17, 15) is 4.79 Å². The van der Waals surface area contributed by atoms with E-state index < -0.39 is 0 Å². The van der Waals surface area contributed by atoms with E-state index in [0.717, 1.165) is 27.8 Å². The molecule has 0 aliphatic carbocycles. The van der Waals surface area contributed by atoms with Crippen molar-refractivity contribution in [3.8, 4) is 5.75 Å². The third kappa shape index (κ3) is 3.56. The maximum atomic E-state index is 13.0. The van der Waals surface area contributed by atoms with Crippen molar-refractivity contribution in [2.75, 3.05) is 11.6 Å². The van der Waals surface area contributed by atoms with Crippen molar-refractivity contribution in [1.82, 2.24) is 0 Å². The summed E-state index contributed by atoms with van der Waals surface area (Å²) in [5.41, 5.74) is 4.32. The fraction of sp³-hybridized carbons (Fsp3) is 0.160. The van der Waals surface area contributed by atoms with Crippen LogP contribution in [0.3, 0.4) is 0 Å². The van der Waals surface area contributed by atoms with Crippen molar-refractivity contribution in [3.05, 3.63) is 103 Å². The molecule has 0 saturated heterocycles. The first-order chi connectivity index (χ1) is 15.0. The van der Waals surface area contributed by atoms with E-state index in [0.29, 0.717) is 46.6 Å². The Morgan fingerprint density at radius 3 is 2.52 bits per heavy atom. The van der Waals surface area contributed by atoms with Crippen LogP contribution in [0.4, 0.5) is 5.69 Å². The molecule has 31 heavy (non-hydrogen) atoms. The van der Waals surface area contributed by atoms with Gasteiger partial charge in [0.15, 0.2) is 6.73 Å². The largest absolute Gasteiger partial charge is 0.471 e. The monoisotopic (exact) mass is 451 g/mol. The van der Waals surface area contributed by atoms with E-state index in [4.69, 9.17) is 32.4 Å². The van der Waals surface area contributed by atoms with E-state index in [1.165, 1.54) is 0 Å². The van der Waals surface area contributed by atoms with Gasteiger partial charge in [0.05, 0.1) is 27.8 Å². The minimum atomic E-state index is -0.340. The summed E-state index contributed by atoms with van der Waals surface area (Å²) in [5.74, 6) is 0.552. The van der Waals surface area contributed by atoms with Gasteiger partial charge in [-0.15, -0.1) is 0 Å². The highest BCUT2D eigenvalue weighted by molar-refractivity contribution is 6.33. The van der Waals surface area contributed by atoms with Gasteiger partial charge in [-0.3, -0.25) is 0 Å². The Labute approximate surface area is 189 Å². The summed E-state index contributed by atoms with van der Waals surface area (Å²) in [6.07, 6.45) is 0.502. The summed E-state index contributed by atoms with van der Waals surface area (Å²) in [6.45, 7) is 2.71. The van der Waals surface area contributed by atoms with Gasteiger partial charge in [0.1, 0.15) is 11.3 Å². The lowest BCUT2D eigenvalue weighted by molar-refractivity contribution is 0.289. The van der Waals surface area contributed by atoms with E-state index >= 15 is 0 Å². The average Bonchev–Trinajstić information content (AvgIpc) is 2.78. The first-order valence-corrected chi connectivity index (χ1v) is 10.7. The molecule has 0 fully saturated rings. The molecule has 1 aliphatic rings. The van der Waals surface area contributed by atoms with Crippen molar-refractivity contribution in [2.45, 2.75) is 19.9 Å². The zero-order valence-electron chi connectivity index (χ0n) is 16.8. The zero-order valence-corrected chi connectivity index (χ0v) is 18.3. The smallest absolute Gasteiger partial charge is 0.340 e. The second kappa shape index (κ2) is 7.95. The van der Waals surface area contributed by atoms with Crippen molar-refractivity contribution in [3.63, 3.8) is 0 Å². The molecule has 0 amide bonds. The highest BCUT2D eigenvalue weighted by Gasteiger charge is 2.27. The summed E-state index contributed by atoms with van der Waals surface area (Å²) >= 11 is 13.0. The number of hydrogen-bond acceptors (Lipinski definition) is 4. The van der Waals surface area contributed by atoms with Crippen molar-refractivity contribution >= 4 is 39.9 Å². The molecule has 6 heteroatoms. The molecule has 0 bridgehead atoms. The lowest BCUT2D eigenvalue weighted by Crippen LogP contribution is -2.32. The quantitative estimate of drug-likeness (QED) is 0.340. The number of nitrogens with zero attached hydrogens (tertiary/aromatic N) is 1. The summed E-state index contributed by atoms with van der Waals surface area (Å²) < 4.78 is 11.8. The van der Waals surface area contributed by atoms with Gasteiger partial charge in [-0.2, -0.15) is 0 Å². The van der Waals surface area contributed by atoms with Crippen LogP contribution >= 0.6 is 23.2 Å². The van der Waals surface area contributed by atoms with E-state index in [1.807, 2.05) is 72.5 Å². The maximum Gasteiger partial charge on any atom is 0.340 e. The number of ether oxygens (including phenoxy) is 1. The number of benzene rings is 3. The second-order valence-corrected chi connectivity index (χ2v) is 8.44. The van der Waals surface area contributed by atoms with E-state index in [1.54, 1.807) is 0 Å². The predicted molar refractivity (Wildman–Crippen MR) is 125 cm³/mol. The molecule has 0 saturated carbocycles. The Balaban J connectivity index is 1.64. The molecular weight excluding hydrogens is 433 g/mol. The fourth-order valence-electron chi connectivity index (χ4n) is 4.08. The normalized spacial score (nSPS) is 13.2. The van der Waals surface area contributed by atoms with Gasteiger partial charge in [-0.05, 0) is 36.2 Å². The van der Waals surface area contributed by atoms with Crippen LogP contribution in [-0.2, 0) is 13.0 Å². The second-order valence-electron chi connectivity index (χ2n) is 7.62. The van der Waals surface area contributed by atoms with Crippen LogP contribution in [0.25, 0.3) is 11.0 Å². The lowest BCUT2D eigenvalue weighted by Gasteiger charge is -2.32. The molecule has 0 radical (unpaired) electrons. The average molecular weight is 452 g/mol. The molecule has 3 aromatic carbocycles. The third-order valence-electron chi connectivity index (χ3n) is 5.71. The molecular formula is C25H19Cl2NO3. The van der Waals surface area contributed by atoms with Crippen molar-refractivity contribution in [2.24, 2.45) is 0 Å². The van der Waals surface area contributed by atoms with Crippen LogP contribution in [0.2, 0.25) is 10.0 Å². The highest BCUT2D eigenvalue weighted by atomic mass is 35.5. The Morgan fingerprint density at radius 1 is 1.00 bits per heavy atom. The Bertz CT molecular complexity index is 1350. The van der Waals surface area contributed by atoms with Gasteiger partial charge in [0.2, 0.25) is 0 Å². The third-order valence-corrected chi connectivity index (χ3v) is 6.31. The highest BCUT2D eigenvalue weighted by Crippen LogP contribution is 2.41. The number of hydrogen-bond donors (Lipinski definition) is 0. The molecule has 2 heterocycles. The number of para-hydroxylation sites is 1. The minimum absolute atomic E-state index is 0.303. The summed E-state index contributed by atoms with van der Waals surface area (Å²) in [5, 5.41) is 1.95. The number of halogens is 2. The Kier molecular flexibility index (Phi) is 5.12. The zero-order chi connectivity index (χ0) is 21.5. The molecule has 0 spiro atoms. The molecule has 4 aromatic rings. The maximum absolute atomic E-state index is 13.0. The van der Waals surface area contributed by atoms with Gasteiger partial charge >= 0.3 is 5.63 Å². The Morgan fingerprint density at radius 2 is 1.74 bits per heavy atom. The summed E-state index contributed by atoms with van der Waals surface area (Å²) in [4.78, 5) is 15.0. The van der Waals surface area contributed by atoms with Crippen LogP contribution in [0.15, 0.2) is 69.9 Å². The van der Waals surface area contributed by atoms with E-state index in [2.05, 4.69) is 0 Å². The van der Waals surface area contributed by atoms with Crippen molar-refractivity contribution in [1.29, 1.82) is 0 Å². The first-order valence-electron chi connectivity index (χ1n) is 9.97. The number of aryl methyl sites for hydroxylation is 1. The molecule has 5 rings (SSSR count). The van der Waals surface area contributed by atoms with E-state index in [-0.39, 0.29) is 5.63 Å². The van der Waals surface area contributed by atoms with Crippen LogP contribution in [0, 0.1) is 6.92 Å². The van der Waals surface area contributed by atoms with Gasteiger partial charge < -0.3 is 14.1 Å². The van der Waals surface area contributed by atoms with Crippen LogP contribution in [-0.4, -0.2) is 6.73 Å². The van der Waals surface area contributed by atoms with Crippen LogP contribution < -0.4 is 15.3 Å². The topological polar surface area (TPSA) is 42.7 Å². The SMILES string of the molecule is Cc1c(Cc2ccccc2)c(=O)oc2c3c(c(Cl)cc12)OCN(c1ccccc1Cl)C3. The van der Waals surface area contributed by atoms with Crippen molar-refractivity contribution < 1.29 is 9.15 Å². The lowest BCUT2D eigenvalue weighted by atomic mass is 9.97.